The average Bonchev–Trinajstić information content (AvgIpc) is 2.20. The molecule has 0 bridgehead atoms. The lowest BCUT2D eigenvalue weighted by Crippen LogP contribution is -2.02. The molecule has 0 saturated heterocycles. The largest absolute Gasteiger partial charge is 0.299 e. The van der Waals surface area contributed by atoms with Crippen molar-refractivity contribution in [2.45, 2.75) is 39.5 Å². The summed E-state index contributed by atoms with van der Waals surface area (Å²) in [7, 11) is 0. The highest BCUT2D eigenvalue weighted by atomic mass is 35.5. The molecule has 0 aliphatic rings. The van der Waals surface area contributed by atoms with Crippen molar-refractivity contribution in [3.8, 4) is 0 Å². The Bertz CT molecular complexity index is 344. The fraction of sp³-hybridized carbons (Fsp3) is 0.462. The van der Waals surface area contributed by atoms with Gasteiger partial charge >= 0.3 is 0 Å². The molecule has 0 unspecified atom stereocenters. The molecule has 0 aromatic heterocycles. The van der Waals surface area contributed by atoms with E-state index in [4.69, 9.17) is 11.6 Å². The summed E-state index contributed by atoms with van der Waals surface area (Å²) in [5.41, 5.74) is 2.11. The van der Waals surface area contributed by atoms with Crippen LogP contribution >= 0.6 is 11.6 Å². The Labute approximate surface area is 96.5 Å². The van der Waals surface area contributed by atoms with Gasteiger partial charge in [-0.2, -0.15) is 0 Å². The summed E-state index contributed by atoms with van der Waals surface area (Å²) in [6.07, 6.45) is 3.30. The lowest BCUT2D eigenvalue weighted by molar-refractivity contribution is -0.118. The van der Waals surface area contributed by atoms with Crippen LogP contribution in [0.5, 0.6) is 0 Å². The number of benzene rings is 1. The minimum atomic E-state index is 0.318. The van der Waals surface area contributed by atoms with Crippen LogP contribution in [-0.2, 0) is 11.2 Å². The van der Waals surface area contributed by atoms with Gasteiger partial charge in [-0.3, -0.25) is 4.79 Å². The van der Waals surface area contributed by atoms with E-state index in [2.05, 4.69) is 6.92 Å². The van der Waals surface area contributed by atoms with Crippen LogP contribution in [0.3, 0.4) is 0 Å². The number of hydrogen-bond acceptors (Lipinski definition) is 1. The van der Waals surface area contributed by atoms with Gasteiger partial charge in [0.25, 0.3) is 0 Å². The zero-order valence-electron chi connectivity index (χ0n) is 9.35. The fourth-order valence-corrected chi connectivity index (χ4v) is 1.62. The number of hydrogen-bond donors (Lipinski definition) is 0. The maximum atomic E-state index is 11.5. The monoisotopic (exact) mass is 224 g/mol. The number of carbonyl (C=O) groups is 1. The maximum Gasteiger partial charge on any atom is 0.137 e. The van der Waals surface area contributed by atoms with Crippen LogP contribution < -0.4 is 0 Å². The molecular formula is C13H17ClO. The molecule has 1 aromatic carbocycles. The van der Waals surface area contributed by atoms with Gasteiger partial charge in [0, 0.05) is 17.9 Å². The third-order valence-corrected chi connectivity index (χ3v) is 2.86. The first-order valence-corrected chi connectivity index (χ1v) is 5.78. The molecule has 0 fully saturated rings. The first-order valence-electron chi connectivity index (χ1n) is 5.40. The Morgan fingerprint density at radius 2 is 2.13 bits per heavy atom. The van der Waals surface area contributed by atoms with Crippen molar-refractivity contribution in [3.05, 3.63) is 34.3 Å². The van der Waals surface area contributed by atoms with E-state index in [1.165, 1.54) is 0 Å². The van der Waals surface area contributed by atoms with Gasteiger partial charge in [0.05, 0.1) is 0 Å². The van der Waals surface area contributed by atoms with E-state index in [1.54, 1.807) is 0 Å². The number of ketones is 1. The first-order chi connectivity index (χ1) is 7.13. The molecule has 1 rings (SSSR count). The molecule has 0 atom stereocenters. The van der Waals surface area contributed by atoms with Gasteiger partial charge in [0.2, 0.25) is 0 Å². The second-order valence-corrected chi connectivity index (χ2v) is 4.31. The number of carbonyl (C=O) groups excluding carboxylic acids is 1. The van der Waals surface area contributed by atoms with E-state index in [0.717, 1.165) is 29.0 Å². The third-order valence-electron chi connectivity index (χ3n) is 2.43. The average molecular weight is 225 g/mol. The zero-order valence-corrected chi connectivity index (χ0v) is 10.1. The normalized spacial score (nSPS) is 10.3. The summed E-state index contributed by atoms with van der Waals surface area (Å²) in [6.45, 7) is 4.06. The van der Waals surface area contributed by atoms with E-state index in [0.29, 0.717) is 18.6 Å². The lowest BCUT2D eigenvalue weighted by Gasteiger charge is -2.03. The van der Waals surface area contributed by atoms with Gasteiger partial charge < -0.3 is 0 Å². The molecule has 0 aliphatic carbocycles. The summed E-state index contributed by atoms with van der Waals surface area (Å²) < 4.78 is 0. The van der Waals surface area contributed by atoms with Gasteiger partial charge in [-0.1, -0.05) is 37.1 Å². The smallest absolute Gasteiger partial charge is 0.137 e. The Hall–Kier alpha value is -0.820. The van der Waals surface area contributed by atoms with Crippen LogP contribution in [0.15, 0.2) is 18.2 Å². The second kappa shape index (κ2) is 5.92. The van der Waals surface area contributed by atoms with Gasteiger partial charge in [-0.05, 0) is 30.5 Å². The van der Waals surface area contributed by atoms with Gasteiger partial charge in [0.15, 0.2) is 0 Å². The Morgan fingerprint density at radius 3 is 2.73 bits per heavy atom. The minimum Gasteiger partial charge on any atom is -0.299 e. The van der Waals surface area contributed by atoms with Crippen molar-refractivity contribution in [2.24, 2.45) is 0 Å². The molecule has 2 heteroatoms. The first kappa shape index (κ1) is 12.3. The molecule has 0 spiro atoms. The molecule has 0 heterocycles. The highest BCUT2D eigenvalue weighted by molar-refractivity contribution is 6.31. The van der Waals surface area contributed by atoms with Crippen molar-refractivity contribution >= 4 is 17.4 Å². The lowest BCUT2D eigenvalue weighted by atomic mass is 10.0. The minimum absolute atomic E-state index is 0.318. The highest BCUT2D eigenvalue weighted by Gasteiger charge is 2.04. The summed E-state index contributed by atoms with van der Waals surface area (Å²) in [6, 6.07) is 5.78. The summed E-state index contributed by atoms with van der Waals surface area (Å²) in [5.74, 6) is 0.318. The molecule has 1 aromatic rings. The third kappa shape index (κ3) is 4.05. The van der Waals surface area contributed by atoms with E-state index in [9.17, 15) is 4.79 Å². The van der Waals surface area contributed by atoms with Crippen molar-refractivity contribution < 1.29 is 4.79 Å². The van der Waals surface area contributed by atoms with E-state index in [-0.39, 0.29) is 0 Å². The van der Waals surface area contributed by atoms with Crippen LogP contribution in [0.25, 0.3) is 0 Å². The van der Waals surface area contributed by atoms with E-state index >= 15 is 0 Å². The maximum absolute atomic E-state index is 11.5. The van der Waals surface area contributed by atoms with Crippen LogP contribution in [-0.4, -0.2) is 5.78 Å². The molecule has 82 valence electrons. The molecule has 0 aliphatic heterocycles. The topological polar surface area (TPSA) is 17.1 Å². The Kier molecular flexibility index (Phi) is 4.83. The number of rotatable bonds is 5. The van der Waals surface area contributed by atoms with Crippen molar-refractivity contribution in [1.82, 2.24) is 0 Å². The predicted octanol–water partition coefficient (Wildman–Crippen LogP) is 3.95. The van der Waals surface area contributed by atoms with Crippen LogP contribution in [0, 0.1) is 6.92 Å². The SMILES string of the molecule is CCCCC(=O)Cc1ccc(Cl)c(C)c1. The Balaban J connectivity index is 2.57. The molecule has 0 radical (unpaired) electrons. The molecule has 0 N–H and O–H groups in total. The molecule has 0 saturated carbocycles. The molecule has 1 nitrogen and oxygen atoms in total. The van der Waals surface area contributed by atoms with Gasteiger partial charge in [-0.25, -0.2) is 0 Å². The molecule has 15 heavy (non-hydrogen) atoms. The summed E-state index contributed by atoms with van der Waals surface area (Å²) in [5, 5.41) is 0.764. The standard InChI is InChI=1S/C13H17ClO/c1-3-4-5-12(15)9-11-6-7-13(14)10(2)8-11/h6-8H,3-5,9H2,1-2H3. The molecule has 0 amide bonds. The van der Waals surface area contributed by atoms with Crippen molar-refractivity contribution in [1.29, 1.82) is 0 Å². The summed E-state index contributed by atoms with van der Waals surface area (Å²) >= 11 is 5.92. The number of Topliss-reactive ketones (excluding diaryl/α,β-unsaturated/α-hetero) is 1. The number of aryl methyl sites for hydroxylation is 1. The van der Waals surface area contributed by atoms with Crippen LogP contribution in [0.4, 0.5) is 0 Å². The van der Waals surface area contributed by atoms with Crippen molar-refractivity contribution in [3.63, 3.8) is 0 Å². The van der Waals surface area contributed by atoms with Crippen molar-refractivity contribution in [2.75, 3.05) is 0 Å². The van der Waals surface area contributed by atoms with Crippen LogP contribution in [0.2, 0.25) is 5.02 Å². The van der Waals surface area contributed by atoms with Crippen LogP contribution in [0.1, 0.15) is 37.3 Å². The predicted molar refractivity (Wildman–Crippen MR) is 64.4 cm³/mol. The van der Waals surface area contributed by atoms with Gasteiger partial charge in [0.1, 0.15) is 5.78 Å². The fourth-order valence-electron chi connectivity index (χ4n) is 1.51. The second-order valence-electron chi connectivity index (χ2n) is 3.90. The zero-order chi connectivity index (χ0) is 11.3. The van der Waals surface area contributed by atoms with Gasteiger partial charge in [-0.15, -0.1) is 0 Å². The number of unbranched alkanes of at least 4 members (excludes halogenated alkanes) is 1. The Morgan fingerprint density at radius 1 is 1.40 bits per heavy atom. The molecular weight excluding hydrogens is 208 g/mol. The highest BCUT2D eigenvalue weighted by Crippen LogP contribution is 2.17. The van der Waals surface area contributed by atoms with E-state index < -0.39 is 0 Å². The van der Waals surface area contributed by atoms with E-state index in [1.807, 2.05) is 25.1 Å². The number of halogens is 1. The summed E-state index contributed by atoms with van der Waals surface area (Å²) in [4.78, 5) is 11.5. The quantitative estimate of drug-likeness (QED) is 0.740.